The maximum atomic E-state index is 12.0. The van der Waals surface area contributed by atoms with Crippen LogP contribution >= 0.6 is 11.6 Å². The Labute approximate surface area is 153 Å². The molecule has 0 aliphatic rings. The number of carbonyl (C=O) groups is 1. The first kappa shape index (κ1) is 19.0. The minimum Gasteiger partial charge on any atom is -0.483 e. The molecular formula is C20H23ClN2O2. The number of aryl methyl sites for hydroxylation is 1. The lowest BCUT2D eigenvalue weighted by Gasteiger charge is -2.09. The summed E-state index contributed by atoms with van der Waals surface area (Å²) < 4.78 is 5.53. The van der Waals surface area contributed by atoms with Crippen LogP contribution in [0.25, 0.3) is 0 Å². The van der Waals surface area contributed by atoms with Gasteiger partial charge in [0, 0.05) is 5.02 Å². The molecule has 5 heteroatoms. The topological polar surface area (TPSA) is 50.7 Å². The van der Waals surface area contributed by atoms with Crippen LogP contribution in [0.1, 0.15) is 37.3 Å². The van der Waals surface area contributed by atoms with Crippen molar-refractivity contribution in [3.8, 4) is 5.75 Å². The summed E-state index contributed by atoms with van der Waals surface area (Å²) >= 11 is 5.91. The van der Waals surface area contributed by atoms with E-state index in [1.165, 1.54) is 0 Å². The van der Waals surface area contributed by atoms with Gasteiger partial charge in [0.25, 0.3) is 5.91 Å². The number of hydrogen-bond donors (Lipinski definition) is 1. The summed E-state index contributed by atoms with van der Waals surface area (Å²) in [7, 11) is 0. The van der Waals surface area contributed by atoms with Crippen molar-refractivity contribution in [2.75, 3.05) is 6.61 Å². The summed E-state index contributed by atoms with van der Waals surface area (Å²) in [5, 5.41) is 4.94. The maximum absolute atomic E-state index is 12.0. The van der Waals surface area contributed by atoms with Crippen LogP contribution in [0, 0.1) is 6.92 Å². The molecule has 2 aromatic carbocycles. The van der Waals surface area contributed by atoms with Crippen molar-refractivity contribution in [3.63, 3.8) is 0 Å². The van der Waals surface area contributed by atoms with Crippen LogP contribution in [-0.4, -0.2) is 18.2 Å². The third kappa shape index (κ3) is 6.24. The highest BCUT2D eigenvalue weighted by Crippen LogP contribution is 2.21. The Kier molecular flexibility index (Phi) is 7.48. The number of unbranched alkanes of at least 4 members (excludes halogenated alkanes) is 1. The Morgan fingerprint density at radius 2 is 1.96 bits per heavy atom. The Morgan fingerprint density at radius 3 is 2.64 bits per heavy atom. The molecule has 132 valence electrons. The van der Waals surface area contributed by atoms with Gasteiger partial charge in [0.05, 0.1) is 5.71 Å². The molecule has 0 fully saturated rings. The van der Waals surface area contributed by atoms with Crippen molar-refractivity contribution in [2.45, 2.75) is 33.1 Å². The van der Waals surface area contributed by atoms with E-state index in [1.54, 1.807) is 18.2 Å². The van der Waals surface area contributed by atoms with Crippen LogP contribution in [-0.2, 0) is 4.79 Å². The molecule has 25 heavy (non-hydrogen) atoms. The fourth-order valence-electron chi connectivity index (χ4n) is 2.32. The first-order chi connectivity index (χ1) is 12.1. The van der Waals surface area contributed by atoms with Crippen molar-refractivity contribution in [3.05, 3.63) is 64.7 Å². The van der Waals surface area contributed by atoms with Crippen molar-refractivity contribution in [1.82, 2.24) is 5.43 Å². The van der Waals surface area contributed by atoms with Gasteiger partial charge in [-0.2, -0.15) is 5.10 Å². The van der Waals surface area contributed by atoms with Gasteiger partial charge in [-0.05, 0) is 49.1 Å². The molecule has 0 radical (unpaired) electrons. The number of carbonyl (C=O) groups excluding carboxylic acids is 1. The standard InChI is InChI=1S/C20H23ClN2O2/c1-3-4-10-18(16-8-6-5-7-9-16)22-23-20(24)14-25-19-12-11-17(21)13-15(19)2/h5-9,11-13H,3-4,10,14H2,1-2H3,(H,23,24). The largest absolute Gasteiger partial charge is 0.483 e. The molecule has 0 aromatic heterocycles. The molecule has 1 amide bonds. The van der Waals surface area contributed by atoms with Crippen LogP contribution in [0.5, 0.6) is 5.75 Å². The van der Waals surface area contributed by atoms with Crippen molar-refractivity contribution in [1.29, 1.82) is 0 Å². The first-order valence-electron chi connectivity index (χ1n) is 8.40. The van der Waals surface area contributed by atoms with Crippen LogP contribution in [0.15, 0.2) is 53.6 Å². The third-order valence-electron chi connectivity index (χ3n) is 3.69. The average Bonchev–Trinajstić information content (AvgIpc) is 2.62. The third-order valence-corrected chi connectivity index (χ3v) is 3.92. The Morgan fingerprint density at radius 1 is 1.20 bits per heavy atom. The molecule has 2 rings (SSSR count). The van der Waals surface area contributed by atoms with E-state index in [2.05, 4.69) is 17.5 Å². The predicted octanol–water partition coefficient (Wildman–Crippen LogP) is 4.74. The van der Waals surface area contributed by atoms with Crippen molar-refractivity contribution >= 4 is 23.2 Å². The molecule has 0 aliphatic carbocycles. The van der Waals surface area contributed by atoms with Crippen LogP contribution < -0.4 is 10.2 Å². The molecule has 0 atom stereocenters. The van der Waals surface area contributed by atoms with E-state index in [0.29, 0.717) is 10.8 Å². The van der Waals surface area contributed by atoms with Gasteiger partial charge in [0.15, 0.2) is 6.61 Å². The lowest BCUT2D eigenvalue weighted by molar-refractivity contribution is -0.123. The highest BCUT2D eigenvalue weighted by molar-refractivity contribution is 6.30. The van der Waals surface area contributed by atoms with Gasteiger partial charge in [-0.15, -0.1) is 0 Å². The number of ether oxygens (including phenoxy) is 1. The van der Waals surface area contributed by atoms with Crippen LogP contribution in [0.2, 0.25) is 5.02 Å². The summed E-state index contributed by atoms with van der Waals surface area (Å²) in [5.74, 6) is 0.345. The Balaban J connectivity index is 1.96. The number of nitrogens with one attached hydrogen (secondary N) is 1. The average molecular weight is 359 g/mol. The second-order valence-corrected chi connectivity index (χ2v) is 6.20. The van der Waals surface area contributed by atoms with E-state index in [0.717, 1.165) is 36.1 Å². The number of rotatable bonds is 8. The first-order valence-corrected chi connectivity index (χ1v) is 8.77. The molecule has 0 heterocycles. The summed E-state index contributed by atoms with van der Waals surface area (Å²) in [4.78, 5) is 12.0. The lowest BCUT2D eigenvalue weighted by Crippen LogP contribution is -2.26. The zero-order chi connectivity index (χ0) is 18.1. The molecule has 0 spiro atoms. The molecular weight excluding hydrogens is 336 g/mol. The predicted molar refractivity (Wildman–Crippen MR) is 102 cm³/mol. The number of amides is 1. The van der Waals surface area contributed by atoms with E-state index in [9.17, 15) is 4.79 Å². The molecule has 0 unspecified atom stereocenters. The van der Waals surface area contributed by atoms with Gasteiger partial charge in [-0.1, -0.05) is 55.3 Å². The SMILES string of the molecule is CCCCC(=NNC(=O)COc1ccc(Cl)cc1C)c1ccccc1. The molecule has 0 saturated carbocycles. The minimum atomic E-state index is -0.292. The van der Waals surface area contributed by atoms with Gasteiger partial charge < -0.3 is 4.74 Å². The molecule has 0 aliphatic heterocycles. The zero-order valence-corrected chi connectivity index (χ0v) is 15.3. The molecule has 0 saturated heterocycles. The normalized spacial score (nSPS) is 11.2. The van der Waals surface area contributed by atoms with E-state index < -0.39 is 0 Å². The number of benzene rings is 2. The quantitative estimate of drug-likeness (QED) is 0.547. The van der Waals surface area contributed by atoms with Gasteiger partial charge >= 0.3 is 0 Å². The van der Waals surface area contributed by atoms with Gasteiger partial charge in [0.1, 0.15) is 5.75 Å². The second-order valence-electron chi connectivity index (χ2n) is 5.76. The molecule has 1 N–H and O–H groups in total. The lowest BCUT2D eigenvalue weighted by atomic mass is 10.1. The molecule has 2 aromatic rings. The van der Waals surface area contributed by atoms with Crippen LogP contribution in [0.3, 0.4) is 0 Å². The van der Waals surface area contributed by atoms with E-state index in [1.807, 2.05) is 37.3 Å². The molecule has 4 nitrogen and oxygen atoms in total. The second kappa shape index (κ2) is 9.84. The van der Waals surface area contributed by atoms with E-state index in [-0.39, 0.29) is 12.5 Å². The monoisotopic (exact) mass is 358 g/mol. The van der Waals surface area contributed by atoms with Crippen molar-refractivity contribution < 1.29 is 9.53 Å². The van der Waals surface area contributed by atoms with E-state index >= 15 is 0 Å². The zero-order valence-electron chi connectivity index (χ0n) is 14.6. The highest BCUT2D eigenvalue weighted by atomic mass is 35.5. The number of hydrazone groups is 1. The number of halogens is 1. The minimum absolute atomic E-state index is 0.0954. The van der Waals surface area contributed by atoms with Gasteiger partial charge in [-0.3, -0.25) is 4.79 Å². The number of hydrogen-bond acceptors (Lipinski definition) is 3. The number of nitrogens with zero attached hydrogens (tertiary/aromatic N) is 1. The Hall–Kier alpha value is -2.33. The fourth-order valence-corrected chi connectivity index (χ4v) is 2.55. The molecule has 0 bridgehead atoms. The Bertz CT molecular complexity index is 730. The van der Waals surface area contributed by atoms with E-state index in [4.69, 9.17) is 16.3 Å². The summed E-state index contributed by atoms with van der Waals surface area (Å²) in [6.45, 7) is 3.92. The summed E-state index contributed by atoms with van der Waals surface area (Å²) in [6, 6.07) is 15.2. The fraction of sp³-hybridized carbons (Fsp3) is 0.300. The maximum Gasteiger partial charge on any atom is 0.277 e. The van der Waals surface area contributed by atoms with Crippen LogP contribution in [0.4, 0.5) is 0 Å². The summed E-state index contributed by atoms with van der Waals surface area (Å²) in [6.07, 6.45) is 2.90. The van der Waals surface area contributed by atoms with Crippen molar-refractivity contribution in [2.24, 2.45) is 5.10 Å². The highest BCUT2D eigenvalue weighted by Gasteiger charge is 2.07. The van der Waals surface area contributed by atoms with Gasteiger partial charge in [-0.25, -0.2) is 5.43 Å². The summed E-state index contributed by atoms with van der Waals surface area (Å²) in [5.41, 5.74) is 5.37. The smallest absolute Gasteiger partial charge is 0.277 e. The van der Waals surface area contributed by atoms with Gasteiger partial charge in [0.2, 0.25) is 0 Å².